The van der Waals surface area contributed by atoms with Gasteiger partial charge in [-0.2, -0.15) is 4.39 Å². The van der Waals surface area contributed by atoms with E-state index >= 15 is 0 Å². The highest BCUT2D eigenvalue weighted by molar-refractivity contribution is 7.11. The van der Waals surface area contributed by atoms with E-state index in [1.54, 1.807) is 12.1 Å². The van der Waals surface area contributed by atoms with Gasteiger partial charge in [0.2, 0.25) is 5.83 Å². The lowest BCUT2D eigenvalue weighted by atomic mass is 10.1. The van der Waals surface area contributed by atoms with Crippen LogP contribution in [0.15, 0.2) is 23.3 Å². The van der Waals surface area contributed by atoms with E-state index in [4.69, 9.17) is 5.11 Å². The molecule has 0 saturated heterocycles. The Morgan fingerprint density at radius 3 is 2.71 bits per heavy atom. The van der Waals surface area contributed by atoms with Gasteiger partial charge in [-0.15, -0.1) is 11.3 Å². The van der Waals surface area contributed by atoms with Crippen LogP contribution in [0, 0.1) is 5.92 Å². The van der Waals surface area contributed by atoms with Gasteiger partial charge in [0.1, 0.15) is 0 Å². The van der Waals surface area contributed by atoms with Gasteiger partial charge >= 0.3 is 5.97 Å². The summed E-state index contributed by atoms with van der Waals surface area (Å²) in [7, 11) is 0. The summed E-state index contributed by atoms with van der Waals surface area (Å²) in [5.74, 6) is -2.33. The third kappa shape index (κ3) is 1.70. The van der Waals surface area contributed by atoms with Crippen LogP contribution in [0.25, 0.3) is 5.57 Å². The molecule has 1 heterocycles. The normalized spacial score (nSPS) is 17.8. The summed E-state index contributed by atoms with van der Waals surface area (Å²) in [4.78, 5) is 11.3. The molecule has 1 N–H and O–H groups in total. The molecular formula is C10H9FO2S. The zero-order valence-electron chi connectivity index (χ0n) is 7.37. The molecule has 0 unspecified atom stereocenters. The number of carbonyl (C=O) groups is 1. The van der Waals surface area contributed by atoms with Gasteiger partial charge in [0.05, 0.1) is 0 Å². The molecule has 1 saturated carbocycles. The van der Waals surface area contributed by atoms with E-state index in [1.165, 1.54) is 11.3 Å². The van der Waals surface area contributed by atoms with Crippen LogP contribution in [0.1, 0.15) is 17.7 Å². The predicted molar refractivity (Wildman–Crippen MR) is 52.7 cm³/mol. The summed E-state index contributed by atoms with van der Waals surface area (Å²) in [6.45, 7) is 0. The maximum atomic E-state index is 13.3. The average Bonchev–Trinajstić information content (AvgIpc) is 2.81. The lowest BCUT2D eigenvalue weighted by Crippen LogP contribution is -2.00. The number of hydrogen-bond acceptors (Lipinski definition) is 2. The van der Waals surface area contributed by atoms with Crippen molar-refractivity contribution >= 4 is 22.9 Å². The summed E-state index contributed by atoms with van der Waals surface area (Å²) in [5.41, 5.74) is 0.382. The van der Waals surface area contributed by atoms with Gasteiger partial charge in [0, 0.05) is 10.5 Å². The predicted octanol–water partition coefficient (Wildman–Crippen LogP) is 2.92. The topological polar surface area (TPSA) is 37.3 Å². The molecule has 74 valence electrons. The van der Waals surface area contributed by atoms with Crippen molar-refractivity contribution in [2.75, 3.05) is 0 Å². The Bertz CT molecular complexity index is 377. The lowest BCUT2D eigenvalue weighted by molar-refractivity contribution is -0.134. The Kier molecular flexibility index (Phi) is 2.37. The molecule has 1 fully saturated rings. The van der Waals surface area contributed by atoms with E-state index in [-0.39, 0.29) is 5.92 Å². The smallest absolute Gasteiger partial charge is 0.365 e. The SMILES string of the molecule is O=C(O)C(F)=C(c1cccs1)C1CC1. The van der Waals surface area contributed by atoms with E-state index in [0.717, 1.165) is 17.7 Å². The standard InChI is InChI=1S/C10H9FO2S/c11-9(10(12)13)8(6-3-4-6)7-2-1-5-14-7/h1-2,5-6H,3-4H2,(H,12,13). The van der Waals surface area contributed by atoms with E-state index in [9.17, 15) is 9.18 Å². The maximum absolute atomic E-state index is 13.3. The molecule has 0 aliphatic heterocycles. The van der Waals surface area contributed by atoms with Gasteiger partial charge in [-0.25, -0.2) is 4.79 Å². The third-order valence-electron chi connectivity index (χ3n) is 2.20. The average molecular weight is 212 g/mol. The van der Waals surface area contributed by atoms with Crippen molar-refractivity contribution in [2.45, 2.75) is 12.8 Å². The number of aliphatic carboxylic acids is 1. The Morgan fingerprint density at radius 2 is 2.29 bits per heavy atom. The number of allylic oxidation sites excluding steroid dienone is 1. The Labute approximate surface area is 84.7 Å². The van der Waals surface area contributed by atoms with Crippen LogP contribution >= 0.6 is 11.3 Å². The number of halogens is 1. The molecule has 4 heteroatoms. The number of carboxylic acids is 1. The molecule has 0 radical (unpaired) electrons. The third-order valence-corrected chi connectivity index (χ3v) is 3.10. The summed E-state index contributed by atoms with van der Waals surface area (Å²) in [5, 5.41) is 10.4. The molecule has 1 aromatic heterocycles. The highest BCUT2D eigenvalue weighted by Crippen LogP contribution is 2.45. The Morgan fingerprint density at radius 1 is 1.57 bits per heavy atom. The second-order valence-corrected chi connectivity index (χ2v) is 4.23. The summed E-state index contributed by atoms with van der Waals surface area (Å²) in [6, 6.07) is 3.57. The molecule has 1 aliphatic carbocycles. The fourth-order valence-electron chi connectivity index (χ4n) is 1.41. The number of hydrogen-bond donors (Lipinski definition) is 1. The van der Waals surface area contributed by atoms with Crippen LogP contribution < -0.4 is 0 Å². The Hall–Kier alpha value is -1.16. The fraction of sp³-hybridized carbons (Fsp3) is 0.300. The van der Waals surface area contributed by atoms with Crippen LogP contribution in [0.3, 0.4) is 0 Å². The van der Waals surface area contributed by atoms with Crippen LogP contribution in [0.5, 0.6) is 0 Å². The van der Waals surface area contributed by atoms with E-state index in [0.29, 0.717) is 5.57 Å². The summed E-state index contributed by atoms with van der Waals surface area (Å²) >= 11 is 1.38. The zero-order valence-corrected chi connectivity index (χ0v) is 8.18. The highest BCUT2D eigenvalue weighted by atomic mass is 32.1. The Balaban J connectivity index is 2.42. The first-order chi connectivity index (χ1) is 6.70. The van der Waals surface area contributed by atoms with Gasteiger partial charge in [0.25, 0.3) is 0 Å². The number of rotatable bonds is 3. The van der Waals surface area contributed by atoms with Crippen molar-refractivity contribution in [3.8, 4) is 0 Å². The fourth-order valence-corrected chi connectivity index (χ4v) is 2.25. The maximum Gasteiger partial charge on any atom is 0.365 e. The second-order valence-electron chi connectivity index (χ2n) is 3.28. The first-order valence-electron chi connectivity index (χ1n) is 4.37. The first-order valence-corrected chi connectivity index (χ1v) is 5.25. The zero-order chi connectivity index (χ0) is 10.1. The van der Waals surface area contributed by atoms with Gasteiger partial charge in [-0.05, 0) is 30.2 Å². The molecule has 2 nitrogen and oxygen atoms in total. The molecule has 0 atom stereocenters. The van der Waals surface area contributed by atoms with E-state index in [1.807, 2.05) is 5.38 Å². The molecule has 0 bridgehead atoms. The minimum absolute atomic E-state index is 0.116. The van der Waals surface area contributed by atoms with Crippen molar-refractivity contribution in [2.24, 2.45) is 5.92 Å². The minimum Gasteiger partial charge on any atom is -0.476 e. The molecular weight excluding hydrogens is 203 g/mol. The highest BCUT2D eigenvalue weighted by Gasteiger charge is 2.32. The van der Waals surface area contributed by atoms with Crippen LogP contribution in [-0.2, 0) is 4.79 Å². The second kappa shape index (κ2) is 3.53. The van der Waals surface area contributed by atoms with Crippen molar-refractivity contribution in [1.29, 1.82) is 0 Å². The quantitative estimate of drug-likeness (QED) is 0.782. The van der Waals surface area contributed by atoms with E-state index < -0.39 is 11.8 Å². The minimum atomic E-state index is -1.46. The number of thiophene rings is 1. The van der Waals surface area contributed by atoms with E-state index in [2.05, 4.69) is 0 Å². The lowest BCUT2D eigenvalue weighted by Gasteiger charge is -2.02. The monoisotopic (exact) mass is 212 g/mol. The molecule has 1 aromatic rings. The molecule has 0 aromatic carbocycles. The van der Waals surface area contributed by atoms with Crippen molar-refractivity contribution < 1.29 is 14.3 Å². The van der Waals surface area contributed by atoms with Crippen LogP contribution in [-0.4, -0.2) is 11.1 Å². The van der Waals surface area contributed by atoms with Crippen LogP contribution in [0.2, 0.25) is 0 Å². The van der Waals surface area contributed by atoms with Gasteiger partial charge in [0.15, 0.2) is 0 Å². The summed E-state index contributed by atoms with van der Waals surface area (Å²) < 4.78 is 13.3. The first kappa shape index (κ1) is 9.40. The molecule has 1 aliphatic rings. The van der Waals surface area contributed by atoms with Gasteiger partial charge in [-0.1, -0.05) is 6.07 Å². The van der Waals surface area contributed by atoms with Crippen molar-refractivity contribution in [3.05, 3.63) is 28.2 Å². The van der Waals surface area contributed by atoms with Crippen molar-refractivity contribution in [1.82, 2.24) is 0 Å². The van der Waals surface area contributed by atoms with Gasteiger partial charge < -0.3 is 5.11 Å². The van der Waals surface area contributed by atoms with Crippen molar-refractivity contribution in [3.63, 3.8) is 0 Å². The summed E-state index contributed by atoms with van der Waals surface area (Å²) in [6.07, 6.45) is 1.79. The molecule has 14 heavy (non-hydrogen) atoms. The molecule has 0 amide bonds. The van der Waals surface area contributed by atoms with Crippen LogP contribution in [0.4, 0.5) is 4.39 Å². The van der Waals surface area contributed by atoms with Gasteiger partial charge in [-0.3, -0.25) is 0 Å². The number of carboxylic acid groups (broad SMARTS) is 1. The molecule has 2 rings (SSSR count). The molecule has 0 spiro atoms. The largest absolute Gasteiger partial charge is 0.476 e.